The Morgan fingerprint density at radius 1 is 1.24 bits per heavy atom. The molecule has 0 radical (unpaired) electrons. The molecule has 0 aliphatic heterocycles. The fraction of sp³-hybridized carbons (Fsp3) is 0.550. The van der Waals surface area contributed by atoms with Gasteiger partial charge in [0.1, 0.15) is 11.5 Å². The molecule has 0 heterocycles. The largest absolute Gasteiger partial charge is 0.497 e. The van der Waals surface area contributed by atoms with Crippen LogP contribution >= 0.6 is 0 Å². The minimum absolute atomic E-state index is 0.0385. The standard InChI is InChI=1S/C20H30N2O3/c1-15(21-12-11-16-7-5-4-6-8-16)13-20(23)22-18-14-17(24-2)9-10-19(18)25-3/h7,9-10,14-15,21H,4-6,8,11-13H2,1-3H3,(H,22,23). The predicted octanol–water partition coefficient (Wildman–Crippen LogP) is 3.90. The smallest absolute Gasteiger partial charge is 0.226 e. The first-order valence-corrected chi connectivity index (χ1v) is 9.05. The summed E-state index contributed by atoms with van der Waals surface area (Å²) in [4.78, 5) is 12.3. The van der Waals surface area contributed by atoms with Crippen LogP contribution in [0.2, 0.25) is 0 Å². The maximum atomic E-state index is 12.3. The highest BCUT2D eigenvalue weighted by Crippen LogP contribution is 2.29. The maximum Gasteiger partial charge on any atom is 0.226 e. The van der Waals surface area contributed by atoms with Crippen LogP contribution in [0.3, 0.4) is 0 Å². The van der Waals surface area contributed by atoms with E-state index in [2.05, 4.69) is 16.7 Å². The lowest BCUT2D eigenvalue weighted by Gasteiger charge is -2.17. The van der Waals surface area contributed by atoms with Crippen LogP contribution in [0.4, 0.5) is 5.69 Å². The van der Waals surface area contributed by atoms with Gasteiger partial charge in [-0.3, -0.25) is 4.79 Å². The van der Waals surface area contributed by atoms with Crippen LogP contribution < -0.4 is 20.1 Å². The highest BCUT2D eigenvalue weighted by atomic mass is 16.5. The summed E-state index contributed by atoms with van der Waals surface area (Å²) in [7, 11) is 3.18. The SMILES string of the molecule is COc1ccc(OC)c(NC(=O)CC(C)NCCC2=CCCCC2)c1. The molecule has 5 heteroatoms. The van der Waals surface area contributed by atoms with Crippen LogP contribution in [0, 0.1) is 0 Å². The molecule has 1 aromatic rings. The molecule has 138 valence electrons. The van der Waals surface area contributed by atoms with Crippen molar-refractivity contribution in [3.05, 3.63) is 29.8 Å². The van der Waals surface area contributed by atoms with Crippen molar-refractivity contribution >= 4 is 11.6 Å². The van der Waals surface area contributed by atoms with Crippen molar-refractivity contribution in [1.82, 2.24) is 5.32 Å². The summed E-state index contributed by atoms with van der Waals surface area (Å²) in [6, 6.07) is 5.48. The topological polar surface area (TPSA) is 59.6 Å². The zero-order chi connectivity index (χ0) is 18.1. The third-order valence-electron chi connectivity index (χ3n) is 4.50. The molecule has 2 N–H and O–H groups in total. The van der Waals surface area contributed by atoms with Crippen molar-refractivity contribution in [3.8, 4) is 11.5 Å². The molecule has 1 aromatic carbocycles. The average Bonchev–Trinajstić information content (AvgIpc) is 2.62. The minimum atomic E-state index is -0.0385. The number of anilines is 1. The van der Waals surface area contributed by atoms with Gasteiger partial charge >= 0.3 is 0 Å². The summed E-state index contributed by atoms with van der Waals surface area (Å²) in [6.07, 6.45) is 8.95. The van der Waals surface area contributed by atoms with Gasteiger partial charge in [0, 0.05) is 18.5 Å². The lowest BCUT2D eigenvalue weighted by molar-refractivity contribution is -0.116. The molecule has 5 nitrogen and oxygen atoms in total. The number of nitrogens with one attached hydrogen (secondary N) is 2. The third kappa shape index (κ3) is 6.42. The van der Waals surface area contributed by atoms with Crippen molar-refractivity contribution < 1.29 is 14.3 Å². The van der Waals surface area contributed by atoms with Crippen molar-refractivity contribution in [3.63, 3.8) is 0 Å². The zero-order valence-corrected chi connectivity index (χ0v) is 15.6. The molecule has 1 atom stereocenters. The number of benzene rings is 1. The van der Waals surface area contributed by atoms with E-state index in [-0.39, 0.29) is 11.9 Å². The van der Waals surface area contributed by atoms with Gasteiger partial charge in [0.25, 0.3) is 0 Å². The molecule has 1 aliphatic carbocycles. The third-order valence-corrected chi connectivity index (χ3v) is 4.50. The van der Waals surface area contributed by atoms with Crippen molar-refractivity contribution in [2.24, 2.45) is 0 Å². The van der Waals surface area contributed by atoms with Gasteiger partial charge in [-0.05, 0) is 57.7 Å². The van der Waals surface area contributed by atoms with E-state index < -0.39 is 0 Å². The van der Waals surface area contributed by atoms with Gasteiger partial charge in [0.2, 0.25) is 5.91 Å². The number of carbonyl (C=O) groups excluding carboxylic acids is 1. The van der Waals surface area contributed by atoms with E-state index in [1.165, 1.54) is 25.7 Å². The summed E-state index contributed by atoms with van der Waals surface area (Å²) in [5.74, 6) is 1.27. The summed E-state index contributed by atoms with van der Waals surface area (Å²) >= 11 is 0. The second-order valence-electron chi connectivity index (χ2n) is 6.53. The Bertz CT molecular complexity index is 599. The van der Waals surface area contributed by atoms with Crippen LogP contribution in [0.25, 0.3) is 0 Å². The van der Waals surface area contributed by atoms with Gasteiger partial charge in [-0.15, -0.1) is 0 Å². The molecule has 0 bridgehead atoms. The molecule has 0 saturated carbocycles. The monoisotopic (exact) mass is 346 g/mol. The maximum absolute atomic E-state index is 12.3. The summed E-state index contributed by atoms with van der Waals surface area (Å²) in [5, 5.41) is 6.35. The van der Waals surface area contributed by atoms with E-state index in [9.17, 15) is 4.79 Å². The number of allylic oxidation sites excluding steroid dienone is 1. The first-order valence-electron chi connectivity index (χ1n) is 9.05. The molecule has 0 fully saturated rings. The van der Waals surface area contributed by atoms with Gasteiger partial charge in [0.05, 0.1) is 19.9 Å². The Hall–Kier alpha value is -2.01. The number of hydrogen-bond donors (Lipinski definition) is 2. The second-order valence-corrected chi connectivity index (χ2v) is 6.53. The normalized spacial score (nSPS) is 15.2. The van der Waals surface area contributed by atoms with Crippen LogP contribution in [-0.2, 0) is 4.79 Å². The highest BCUT2D eigenvalue weighted by Gasteiger charge is 2.13. The number of amides is 1. The minimum Gasteiger partial charge on any atom is -0.497 e. The Balaban J connectivity index is 1.78. The molecular formula is C20H30N2O3. The van der Waals surface area contributed by atoms with Gasteiger partial charge in [-0.2, -0.15) is 0 Å². The van der Waals surface area contributed by atoms with Crippen molar-refractivity contribution in [2.45, 2.75) is 51.5 Å². The number of methoxy groups -OCH3 is 2. The lowest BCUT2D eigenvalue weighted by Crippen LogP contribution is -2.31. The zero-order valence-electron chi connectivity index (χ0n) is 15.6. The number of rotatable bonds is 9. The molecule has 1 aliphatic rings. The van der Waals surface area contributed by atoms with Crippen molar-refractivity contribution in [2.75, 3.05) is 26.1 Å². The Morgan fingerprint density at radius 2 is 2.08 bits per heavy atom. The molecule has 0 spiro atoms. The molecule has 1 amide bonds. The quantitative estimate of drug-likeness (QED) is 0.666. The van der Waals surface area contributed by atoms with E-state index in [1.807, 2.05) is 6.92 Å². The summed E-state index contributed by atoms with van der Waals surface area (Å²) < 4.78 is 10.5. The lowest BCUT2D eigenvalue weighted by atomic mass is 9.97. The van der Waals surface area contributed by atoms with E-state index in [4.69, 9.17) is 9.47 Å². The van der Waals surface area contributed by atoms with Crippen LogP contribution in [0.5, 0.6) is 11.5 Å². The number of hydrogen-bond acceptors (Lipinski definition) is 4. The van der Waals surface area contributed by atoms with E-state index >= 15 is 0 Å². The number of carbonyl (C=O) groups is 1. The van der Waals surface area contributed by atoms with Crippen molar-refractivity contribution in [1.29, 1.82) is 0 Å². The highest BCUT2D eigenvalue weighted by molar-refractivity contribution is 5.92. The molecule has 1 unspecified atom stereocenters. The average molecular weight is 346 g/mol. The van der Waals surface area contributed by atoms with Gasteiger partial charge in [0.15, 0.2) is 0 Å². The number of ether oxygens (including phenoxy) is 2. The predicted molar refractivity (Wildman–Crippen MR) is 101 cm³/mol. The molecular weight excluding hydrogens is 316 g/mol. The van der Waals surface area contributed by atoms with Gasteiger partial charge < -0.3 is 20.1 Å². The molecule has 2 rings (SSSR count). The first-order chi connectivity index (χ1) is 12.1. The Morgan fingerprint density at radius 3 is 2.76 bits per heavy atom. The molecule has 0 aromatic heterocycles. The van der Waals surface area contributed by atoms with Crippen LogP contribution in [0.15, 0.2) is 29.8 Å². The van der Waals surface area contributed by atoms with E-state index in [0.29, 0.717) is 23.6 Å². The van der Waals surface area contributed by atoms with E-state index in [1.54, 1.807) is 38.0 Å². The summed E-state index contributed by atoms with van der Waals surface area (Å²) in [5.41, 5.74) is 2.18. The van der Waals surface area contributed by atoms with Crippen LogP contribution in [0.1, 0.15) is 45.4 Å². The molecule has 25 heavy (non-hydrogen) atoms. The molecule has 0 saturated heterocycles. The Labute approximate surface area is 150 Å². The fourth-order valence-corrected chi connectivity index (χ4v) is 3.07. The van der Waals surface area contributed by atoms with E-state index in [0.717, 1.165) is 13.0 Å². The first kappa shape index (κ1) is 19.3. The van der Waals surface area contributed by atoms with Gasteiger partial charge in [-0.1, -0.05) is 11.6 Å². The second kappa shape index (κ2) is 10.1. The van der Waals surface area contributed by atoms with Crippen LogP contribution in [-0.4, -0.2) is 32.7 Å². The Kier molecular flexibility index (Phi) is 7.79. The fourth-order valence-electron chi connectivity index (χ4n) is 3.07. The summed E-state index contributed by atoms with van der Waals surface area (Å²) in [6.45, 7) is 2.96. The van der Waals surface area contributed by atoms with Gasteiger partial charge in [-0.25, -0.2) is 0 Å².